The van der Waals surface area contributed by atoms with Crippen molar-refractivity contribution in [1.29, 1.82) is 0 Å². The second-order valence-corrected chi connectivity index (χ2v) is 8.81. The summed E-state index contributed by atoms with van der Waals surface area (Å²) < 4.78 is 13.7. The van der Waals surface area contributed by atoms with Crippen LogP contribution in [-0.2, 0) is 10.2 Å². The third kappa shape index (κ3) is 2.27. The average Bonchev–Trinajstić information content (AvgIpc) is 3.05. The van der Waals surface area contributed by atoms with Gasteiger partial charge in [-0.25, -0.2) is 9.50 Å². The van der Waals surface area contributed by atoms with Crippen LogP contribution in [0.25, 0.3) is 5.65 Å². The van der Waals surface area contributed by atoms with Gasteiger partial charge in [0, 0.05) is 11.1 Å². The van der Waals surface area contributed by atoms with Gasteiger partial charge in [0.1, 0.15) is 6.10 Å². The van der Waals surface area contributed by atoms with Gasteiger partial charge in [-0.15, -0.1) is 0 Å². The Labute approximate surface area is 142 Å². The molecule has 2 atom stereocenters. The van der Waals surface area contributed by atoms with Crippen LogP contribution in [0.15, 0.2) is 12.4 Å². The number of hydrogen-bond acceptors (Lipinski definition) is 5. The summed E-state index contributed by atoms with van der Waals surface area (Å²) in [6, 6.07) is 0.202. The molecule has 0 amide bonds. The van der Waals surface area contributed by atoms with Crippen molar-refractivity contribution >= 4 is 11.5 Å². The Hall–Kier alpha value is -1.82. The summed E-state index contributed by atoms with van der Waals surface area (Å²) in [5, 5.41) is 4.49. The molecule has 6 heteroatoms. The fourth-order valence-corrected chi connectivity index (χ4v) is 3.68. The van der Waals surface area contributed by atoms with Gasteiger partial charge in [-0.1, -0.05) is 20.8 Å². The van der Waals surface area contributed by atoms with Gasteiger partial charge < -0.3 is 14.4 Å². The van der Waals surface area contributed by atoms with Gasteiger partial charge in [0.05, 0.1) is 31.6 Å². The summed E-state index contributed by atoms with van der Waals surface area (Å²) in [6.45, 7) is 14.5. The second-order valence-electron chi connectivity index (χ2n) is 8.81. The van der Waals surface area contributed by atoms with Crippen LogP contribution in [0.5, 0.6) is 5.75 Å². The predicted octanol–water partition coefficient (Wildman–Crippen LogP) is 2.79. The van der Waals surface area contributed by atoms with E-state index in [0.29, 0.717) is 13.2 Å². The van der Waals surface area contributed by atoms with Crippen LogP contribution in [0.2, 0.25) is 0 Å². The normalized spacial score (nSPS) is 24.0. The Morgan fingerprint density at radius 1 is 1.12 bits per heavy atom. The Morgan fingerprint density at radius 2 is 1.88 bits per heavy atom. The van der Waals surface area contributed by atoms with Crippen LogP contribution < -0.4 is 9.64 Å². The Balaban J connectivity index is 1.93. The molecule has 6 nitrogen and oxygen atoms in total. The van der Waals surface area contributed by atoms with E-state index in [1.54, 1.807) is 0 Å². The summed E-state index contributed by atoms with van der Waals surface area (Å²) in [4.78, 5) is 7.36. The molecule has 2 aromatic rings. The summed E-state index contributed by atoms with van der Waals surface area (Å²) >= 11 is 0. The van der Waals surface area contributed by atoms with E-state index < -0.39 is 0 Å². The van der Waals surface area contributed by atoms with Gasteiger partial charge in [-0.2, -0.15) is 5.10 Å². The molecule has 0 aliphatic carbocycles. The first-order valence-electron chi connectivity index (χ1n) is 8.59. The van der Waals surface area contributed by atoms with E-state index in [0.717, 1.165) is 22.8 Å². The summed E-state index contributed by atoms with van der Waals surface area (Å²) in [7, 11) is 0. The SMILES string of the molecule is CC(C)(C)c1cnn2cc3c(nc12)N(C(C)(C)C)[C@H]1COC[C@H]1O3. The third-order valence-corrected chi connectivity index (χ3v) is 4.81. The maximum Gasteiger partial charge on any atom is 0.180 e. The van der Waals surface area contributed by atoms with Gasteiger partial charge in [0.25, 0.3) is 0 Å². The summed E-state index contributed by atoms with van der Waals surface area (Å²) in [5.74, 6) is 1.68. The van der Waals surface area contributed by atoms with Crippen LogP contribution in [0.1, 0.15) is 47.1 Å². The van der Waals surface area contributed by atoms with E-state index in [9.17, 15) is 0 Å². The van der Waals surface area contributed by atoms with Crippen molar-refractivity contribution in [3.63, 3.8) is 0 Å². The van der Waals surface area contributed by atoms with Gasteiger partial charge in [0.2, 0.25) is 0 Å². The van der Waals surface area contributed by atoms with Crippen LogP contribution >= 0.6 is 0 Å². The molecular formula is C18H26N4O2. The number of ether oxygens (including phenoxy) is 2. The smallest absolute Gasteiger partial charge is 0.180 e. The molecule has 0 unspecified atom stereocenters. The predicted molar refractivity (Wildman–Crippen MR) is 92.9 cm³/mol. The fourth-order valence-electron chi connectivity index (χ4n) is 3.68. The number of hydrogen-bond donors (Lipinski definition) is 0. The second kappa shape index (κ2) is 4.85. The molecule has 4 heterocycles. The standard InChI is InChI=1S/C18H26N4O2/c1-17(2,3)11-7-19-21-8-13-16(20-15(11)21)22(18(4,5)6)12-9-23-10-14(12)24-13/h7-8,12,14H,9-10H2,1-6H3/t12-,14+/m0/s1. The maximum absolute atomic E-state index is 6.19. The van der Waals surface area contributed by atoms with Gasteiger partial charge >= 0.3 is 0 Å². The van der Waals surface area contributed by atoms with Crippen LogP contribution in [0.4, 0.5) is 5.82 Å². The first-order valence-corrected chi connectivity index (χ1v) is 8.59. The van der Waals surface area contributed by atoms with E-state index in [1.807, 2.05) is 16.9 Å². The molecule has 1 fully saturated rings. The number of rotatable bonds is 0. The van der Waals surface area contributed by atoms with Crippen LogP contribution in [0.3, 0.4) is 0 Å². The lowest BCUT2D eigenvalue weighted by Gasteiger charge is -2.46. The number of aromatic nitrogens is 3. The van der Waals surface area contributed by atoms with Gasteiger partial charge in [-0.05, 0) is 26.2 Å². The lowest BCUT2D eigenvalue weighted by atomic mass is 9.89. The van der Waals surface area contributed by atoms with E-state index in [-0.39, 0.29) is 23.1 Å². The Kier molecular flexibility index (Phi) is 3.17. The number of nitrogens with zero attached hydrogens (tertiary/aromatic N) is 4. The molecule has 4 rings (SSSR count). The molecule has 24 heavy (non-hydrogen) atoms. The van der Waals surface area contributed by atoms with Gasteiger partial charge in [-0.3, -0.25) is 0 Å². The zero-order valence-corrected chi connectivity index (χ0v) is 15.3. The zero-order valence-electron chi connectivity index (χ0n) is 15.3. The van der Waals surface area contributed by atoms with Crippen molar-refractivity contribution in [2.24, 2.45) is 0 Å². The first kappa shape index (κ1) is 15.7. The minimum atomic E-state index is -0.0671. The maximum atomic E-state index is 6.19. The summed E-state index contributed by atoms with van der Waals surface area (Å²) in [5.41, 5.74) is 1.97. The number of fused-ring (bicyclic) bond motifs is 3. The molecule has 2 aliphatic rings. The highest BCUT2D eigenvalue weighted by molar-refractivity contribution is 5.63. The zero-order chi connectivity index (χ0) is 17.3. The van der Waals surface area contributed by atoms with Crippen molar-refractivity contribution in [3.8, 4) is 5.75 Å². The van der Waals surface area contributed by atoms with Crippen LogP contribution in [-0.4, -0.2) is 45.5 Å². The largest absolute Gasteiger partial charge is 0.480 e. The van der Waals surface area contributed by atoms with E-state index >= 15 is 0 Å². The monoisotopic (exact) mass is 330 g/mol. The average molecular weight is 330 g/mol. The minimum Gasteiger partial charge on any atom is -0.480 e. The van der Waals surface area contributed by atoms with E-state index in [4.69, 9.17) is 14.5 Å². The minimum absolute atomic E-state index is 0.00984. The van der Waals surface area contributed by atoms with Crippen molar-refractivity contribution in [3.05, 3.63) is 18.0 Å². The molecule has 2 aliphatic heterocycles. The molecule has 0 radical (unpaired) electrons. The molecule has 0 saturated carbocycles. The highest BCUT2D eigenvalue weighted by Crippen LogP contribution is 2.41. The molecule has 0 aromatic carbocycles. The third-order valence-electron chi connectivity index (χ3n) is 4.81. The molecule has 0 bridgehead atoms. The molecular weight excluding hydrogens is 304 g/mol. The highest BCUT2D eigenvalue weighted by Gasteiger charge is 2.45. The number of anilines is 1. The fraction of sp³-hybridized carbons (Fsp3) is 0.667. The molecule has 2 aromatic heterocycles. The lowest BCUT2D eigenvalue weighted by Crippen LogP contribution is -2.57. The lowest BCUT2D eigenvalue weighted by molar-refractivity contribution is 0.133. The first-order chi connectivity index (χ1) is 11.2. The van der Waals surface area contributed by atoms with E-state index in [1.165, 1.54) is 0 Å². The molecule has 0 N–H and O–H groups in total. The van der Waals surface area contributed by atoms with Crippen molar-refractivity contribution in [2.75, 3.05) is 18.1 Å². The Bertz CT molecular complexity index is 785. The molecule has 1 saturated heterocycles. The molecule has 130 valence electrons. The van der Waals surface area contributed by atoms with E-state index in [2.05, 4.69) is 51.5 Å². The topological polar surface area (TPSA) is 51.9 Å². The van der Waals surface area contributed by atoms with Crippen LogP contribution in [0, 0.1) is 0 Å². The van der Waals surface area contributed by atoms with Crippen molar-refractivity contribution in [1.82, 2.24) is 14.6 Å². The Morgan fingerprint density at radius 3 is 2.54 bits per heavy atom. The van der Waals surface area contributed by atoms with Crippen molar-refractivity contribution in [2.45, 2.75) is 64.6 Å². The van der Waals surface area contributed by atoms with Crippen molar-refractivity contribution < 1.29 is 9.47 Å². The molecule has 0 spiro atoms. The van der Waals surface area contributed by atoms with Gasteiger partial charge in [0.15, 0.2) is 17.2 Å². The highest BCUT2D eigenvalue weighted by atomic mass is 16.6. The quantitative estimate of drug-likeness (QED) is 0.743. The summed E-state index contributed by atoms with van der Waals surface area (Å²) in [6.07, 6.45) is 3.92.